The Bertz CT molecular complexity index is 158. The van der Waals surface area contributed by atoms with Crippen molar-refractivity contribution in [1.82, 2.24) is 4.90 Å². The summed E-state index contributed by atoms with van der Waals surface area (Å²) in [4.78, 5) is 2.61. The van der Waals surface area contributed by atoms with Gasteiger partial charge in [-0.05, 0) is 33.1 Å². The highest BCUT2D eigenvalue weighted by atomic mass is 16.5. The van der Waals surface area contributed by atoms with E-state index in [1.807, 2.05) is 0 Å². The predicted molar refractivity (Wildman–Crippen MR) is 49.2 cm³/mol. The van der Waals surface area contributed by atoms with E-state index in [4.69, 9.17) is 4.74 Å². The first-order valence-corrected chi connectivity index (χ1v) is 5.16. The summed E-state index contributed by atoms with van der Waals surface area (Å²) in [6, 6.07) is 1.44. The molecular formula is C10H19NO. The van der Waals surface area contributed by atoms with Gasteiger partial charge in [-0.25, -0.2) is 0 Å². The van der Waals surface area contributed by atoms with E-state index >= 15 is 0 Å². The number of hydrogen-bond donors (Lipinski definition) is 0. The van der Waals surface area contributed by atoms with Crippen LogP contribution in [0, 0.1) is 0 Å². The fraction of sp³-hybridized carbons (Fsp3) is 1.00. The molecule has 0 aromatic rings. The molecule has 1 saturated carbocycles. The number of hydrogen-bond acceptors (Lipinski definition) is 2. The van der Waals surface area contributed by atoms with E-state index < -0.39 is 0 Å². The Morgan fingerprint density at radius 1 is 1.33 bits per heavy atom. The standard InChI is InChI=1S/C10H19NO/c1-8(2)11-6-3-7-12-10-5-4-9(10)11/h8-10H,3-7H2,1-2H3. The van der Waals surface area contributed by atoms with E-state index in [1.54, 1.807) is 0 Å². The Balaban J connectivity index is 2.00. The largest absolute Gasteiger partial charge is 0.377 e. The van der Waals surface area contributed by atoms with Crippen molar-refractivity contribution in [3.05, 3.63) is 0 Å². The second-order valence-corrected chi connectivity index (χ2v) is 4.24. The van der Waals surface area contributed by atoms with Gasteiger partial charge in [0.1, 0.15) is 0 Å². The number of rotatable bonds is 1. The summed E-state index contributed by atoms with van der Waals surface area (Å²) in [5.74, 6) is 0. The van der Waals surface area contributed by atoms with Crippen LogP contribution in [0.4, 0.5) is 0 Å². The molecular weight excluding hydrogens is 150 g/mol. The lowest BCUT2D eigenvalue weighted by molar-refractivity contribution is -0.0522. The minimum absolute atomic E-state index is 0.565. The summed E-state index contributed by atoms with van der Waals surface area (Å²) in [6.45, 7) is 6.80. The van der Waals surface area contributed by atoms with Crippen molar-refractivity contribution in [2.45, 2.75) is 51.3 Å². The second kappa shape index (κ2) is 3.35. The van der Waals surface area contributed by atoms with Crippen molar-refractivity contribution in [2.75, 3.05) is 13.2 Å². The van der Waals surface area contributed by atoms with Crippen molar-refractivity contribution >= 4 is 0 Å². The van der Waals surface area contributed by atoms with Crippen LogP contribution in [0.25, 0.3) is 0 Å². The van der Waals surface area contributed by atoms with E-state index in [0.717, 1.165) is 12.6 Å². The summed E-state index contributed by atoms with van der Waals surface area (Å²) in [7, 11) is 0. The van der Waals surface area contributed by atoms with Gasteiger partial charge in [0.05, 0.1) is 6.10 Å². The summed E-state index contributed by atoms with van der Waals surface area (Å²) in [5.41, 5.74) is 0. The first-order chi connectivity index (χ1) is 5.79. The highest BCUT2D eigenvalue weighted by Gasteiger charge is 2.38. The summed E-state index contributed by atoms with van der Waals surface area (Å²) in [5, 5.41) is 0. The third-order valence-corrected chi connectivity index (χ3v) is 3.16. The Morgan fingerprint density at radius 3 is 2.75 bits per heavy atom. The SMILES string of the molecule is CC(C)N1CCCOC2CCC21. The quantitative estimate of drug-likeness (QED) is 0.592. The zero-order valence-corrected chi connectivity index (χ0v) is 8.12. The molecule has 0 radical (unpaired) electrons. The lowest BCUT2D eigenvalue weighted by atomic mass is 9.87. The third kappa shape index (κ3) is 1.38. The van der Waals surface area contributed by atoms with Crippen LogP contribution in [0.5, 0.6) is 0 Å². The van der Waals surface area contributed by atoms with Gasteiger partial charge in [-0.3, -0.25) is 4.90 Å². The lowest BCUT2D eigenvalue weighted by Gasteiger charge is -2.43. The molecule has 0 amide bonds. The van der Waals surface area contributed by atoms with Crippen molar-refractivity contribution in [2.24, 2.45) is 0 Å². The van der Waals surface area contributed by atoms with E-state index in [2.05, 4.69) is 18.7 Å². The second-order valence-electron chi connectivity index (χ2n) is 4.24. The molecule has 2 atom stereocenters. The molecule has 2 nitrogen and oxygen atoms in total. The summed E-state index contributed by atoms with van der Waals surface area (Å²) >= 11 is 0. The maximum Gasteiger partial charge on any atom is 0.0730 e. The summed E-state index contributed by atoms with van der Waals surface area (Å²) in [6.07, 6.45) is 4.41. The maximum absolute atomic E-state index is 5.74. The van der Waals surface area contributed by atoms with E-state index in [1.165, 1.54) is 25.8 Å². The first-order valence-electron chi connectivity index (χ1n) is 5.16. The van der Waals surface area contributed by atoms with Gasteiger partial charge < -0.3 is 4.74 Å². The molecule has 1 aliphatic carbocycles. The van der Waals surface area contributed by atoms with E-state index in [0.29, 0.717) is 12.1 Å². The highest BCUT2D eigenvalue weighted by molar-refractivity contribution is 4.92. The van der Waals surface area contributed by atoms with Crippen molar-refractivity contribution in [3.63, 3.8) is 0 Å². The monoisotopic (exact) mass is 169 g/mol. The van der Waals surface area contributed by atoms with Crippen molar-refractivity contribution in [1.29, 1.82) is 0 Å². The lowest BCUT2D eigenvalue weighted by Crippen LogP contribution is -2.52. The zero-order chi connectivity index (χ0) is 8.55. The molecule has 0 bridgehead atoms. The Kier molecular flexibility index (Phi) is 2.37. The van der Waals surface area contributed by atoms with Gasteiger partial charge in [0.25, 0.3) is 0 Å². The van der Waals surface area contributed by atoms with Crippen molar-refractivity contribution < 1.29 is 4.74 Å². The average molecular weight is 169 g/mol. The number of nitrogens with zero attached hydrogens (tertiary/aromatic N) is 1. The van der Waals surface area contributed by atoms with E-state index in [-0.39, 0.29) is 0 Å². The van der Waals surface area contributed by atoms with Crippen LogP contribution in [0.15, 0.2) is 0 Å². The molecule has 1 heterocycles. The predicted octanol–water partition coefficient (Wildman–Crippen LogP) is 1.65. The Labute approximate surface area is 74.9 Å². The van der Waals surface area contributed by atoms with Crippen LogP contribution in [-0.4, -0.2) is 36.2 Å². The topological polar surface area (TPSA) is 12.5 Å². The molecule has 0 spiro atoms. The molecule has 2 rings (SSSR count). The van der Waals surface area contributed by atoms with Crippen molar-refractivity contribution in [3.8, 4) is 0 Å². The molecule has 2 aliphatic rings. The van der Waals surface area contributed by atoms with Crippen LogP contribution in [0.2, 0.25) is 0 Å². The molecule has 0 aromatic carbocycles. The van der Waals surface area contributed by atoms with Gasteiger partial charge in [0, 0.05) is 25.2 Å². The zero-order valence-electron chi connectivity index (χ0n) is 8.12. The maximum atomic E-state index is 5.74. The van der Waals surface area contributed by atoms with Crippen LogP contribution in [-0.2, 0) is 4.74 Å². The number of ether oxygens (including phenoxy) is 1. The van der Waals surface area contributed by atoms with Gasteiger partial charge in [0.15, 0.2) is 0 Å². The van der Waals surface area contributed by atoms with Gasteiger partial charge in [-0.2, -0.15) is 0 Å². The molecule has 2 heteroatoms. The fourth-order valence-electron chi connectivity index (χ4n) is 2.31. The number of fused-ring (bicyclic) bond motifs is 1. The summed E-state index contributed by atoms with van der Waals surface area (Å²) < 4.78 is 5.74. The minimum atomic E-state index is 0.565. The normalized spacial score (nSPS) is 37.2. The Morgan fingerprint density at radius 2 is 2.17 bits per heavy atom. The molecule has 0 aromatic heterocycles. The van der Waals surface area contributed by atoms with Crippen LogP contribution in [0.1, 0.15) is 33.1 Å². The Hall–Kier alpha value is -0.0800. The van der Waals surface area contributed by atoms with E-state index in [9.17, 15) is 0 Å². The fourth-order valence-corrected chi connectivity index (χ4v) is 2.31. The highest BCUT2D eigenvalue weighted by Crippen LogP contribution is 2.31. The van der Waals surface area contributed by atoms with Gasteiger partial charge in [-0.15, -0.1) is 0 Å². The molecule has 1 saturated heterocycles. The molecule has 0 N–H and O–H groups in total. The van der Waals surface area contributed by atoms with Crippen LogP contribution < -0.4 is 0 Å². The third-order valence-electron chi connectivity index (χ3n) is 3.16. The molecule has 70 valence electrons. The van der Waals surface area contributed by atoms with Gasteiger partial charge >= 0.3 is 0 Å². The average Bonchev–Trinajstić information content (AvgIpc) is 2.10. The molecule has 12 heavy (non-hydrogen) atoms. The smallest absolute Gasteiger partial charge is 0.0730 e. The van der Waals surface area contributed by atoms with Crippen LogP contribution >= 0.6 is 0 Å². The van der Waals surface area contributed by atoms with Gasteiger partial charge in [-0.1, -0.05) is 0 Å². The molecule has 2 fully saturated rings. The first kappa shape index (κ1) is 8.52. The molecule has 1 aliphatic heterocycles. The van der Waals surface area contributed by atoms with Gasteiger partial charge in [0.2, 0.25) is 0 Å². The van der Waals surface area contributed by atoms with Crippen LogP contribution in [0.3, 0.4) is 0 Å². The molecule has 2 unspecified atom stereocenters. The minimum Gasteiger partial charge on any atom is -0.377 e.